The number of carbonyl (C=O) groups excluding carboxylic acids is 2. The standard InChI is InChI=1S/C33H33NO7/c1-20(2)15-16-40-24-14-13-22(17-26(24)39-4)29-28(31(36)33(37)34(29)19-21-9-6-5-7-10-21)30(35)27-18-23-11-8-12-25(38-3)32(23)41-27/h5-14,17-18,20,29,36H,15-16,19H2,1-4H3. The van der Waals surface area contributed by atoms with Gasteiger partial charge in [-0.05, 0) is 47.7 Å². The molecule has 8 nitrogen and oxygen atoms in total. The predicted octanol–water partition coefficient (Wildman–Crippen LogP) is 6.65. The van der Waals surface area contributed by atoms with Crippen LogP contribution >= 0.6 is 0 Å². The number of amides is 1. The molecule has 1 aliphatic rings. The zero-order valence-electron chi connectivity index (χ0n) is 23.5. The molecule has 212 valence electrons. The van der Waals surface area contributed by atoms with E-state index >= 15 is 0 Å². The fraction of sp³-hybridized carbons (Fsp3) is 0.273. The molecule has 1 aliphatic heterocycles. The Hall–Kier alpha value is -4.72. The Bertz CT molecular complexity index is 1600. The molecule has 8 heteroatoms. The molecule has 41 heavy (non-hydrogen) atoms. The van der Waals surface area contributed by atoms with Gasteiger partial charge in [0, 0.05) is 11.9 Å². The summed E-state index contributed by atoms with van der Waals surface area (Å²) in [5, 5.41) is 11.8. The van der Waals surface area contributed by atoms with Crippen LogP contribution in [0.2, 0.25) is 0 Å². The zero-order valence-corrected chi connectivity index (χ0v) is 23.5. The number of hydrogen-bond donors (Lipinski definition) is 1. The van der Waals surface area contributed by atoms with Gasteiger partial charge in [-0.1, -0.05) is 62.4 Å². The number of ketones is 1. The minimum atomic E-state index is -0.899. The van der Waals surface area contributed by atoms with Crippen LogP contribution in [0.5, 0.6) is 17.2 Å². The highest BCUT2D eigenvalue weighted by molar-refractivity contribution is 6.16. The molecule has 1 amide bonds. The maximum absolute atomic E-state index is 14.0. The SMILES string of the molecule is COc1cc(C2C(C(=O)c3cc4cccc(OC)c4o3)=C(O)C(=O)N2Cc2ccccc2)ccc1OCCC(C)C. The number of nitrogens with zero attached hydrogens (tertiary/aromatic N) is 1. The molecule has 2 heterocycles. The van der Waals surface area contributed by atoms with E-state index in [1.165, 1.54) is 19.1 Å². The van der Waals surface area contributed by atoms with Gasteiger partial charge in [-0.25, -0.2) is 0 Å². The molecule has 0 bridgehead atoms. The van der Waals surface area contributed by atoms with E-state index < -0.39 is 23.5 Å². The van der Waals surface area contributed by atoms with Gasteiger partial charge >= 0.3 is 0 Å². The van der Waals surface area contributed by atoms with Crippen LogP contribution in [0, 0.1) is 5.92 Å². The summed E-state index contributed by atoms with van der Waals surface area (Å²) < 4.78 is 22.9. The molecule has 1 unspecified atom stereocenters. The third-order valence-corrected chi connectivity index (χ3v) is 7.15. The summed E-state index contributed by atoms with van der Waals surface area (Å²) in [6, 6.07) is 20.7. The topological polar surface area (TPSA) is 98.4 Å². The first-order valence-electron chi connectivity index (χ1n) is 13.5. The fourth-order valence-electron chi connectivity index (χ4n) is 5.00. The van der Waals surface area contributed by atoms with E-state index in [4.69, 9.17) is 18.6 Å². The number of hydrogen-bond acceptors (Lipinski definition) is 7. The van der Waals surface area contributed by atoms with Crippen molar-refractivity contribution in [2.24, 2.45) is 5.92 Å². The molecule has 4 aromatic rings. The number of fused-ring (bicyclic) bond motifs is 1. The van der Waals surface area contributed by atoms with Gasteiger partial charge in [0.15, 0.2) is 34.4 Å². The van der Waals surface area contributed by atoms with Gasteiger partial charge in [0.05, 0.1) is 32.4 Å². The maximum Gasteiger partial charge on any atom is 0.290 e. The molecule has 5 rings (SSSR count). The van der Waals surface area contributed by atoms with Crippen molar-refractivity contribution in [1.82, 2.24) is 4.90 Å². The van der Waals surface area contributed by atoms with Crippen LogP contribution in [-0.4, -0.2) is 42.5 Å². The second-order valence-corrected chi connectivity index (χ2v) is 10.3. The van der Waals surface area contributed by atoms with Crippen molar-refractivity contribution < 1.29 is 33.3 Å². The van der Waals surface area contributed by atoms with Crippen LogP contribution in [0.15, 0.2) is 88.5 Å². The number of Topliss-reactive ketones (excluding diaryl/α,β-unsaturated/α-hetero) is 1. The number of benzene rings is 3. The second kappa shape index (κ2) is 11.8. The lowest BCUT2D eigenvalue weighted by Gasteiger charge is -2.27. The molecule has 1 atom stereocenters. The minimum Gasteiger partial charge on any atom is -0.503 e. The smallest absolute Gasteiger partial charge is 0.290 e. The summed E-state index contributed by atoms with van der Waals surface area (Å²) in [5.41, 5.74) is 1.77. The van der Waals surface area contributed by atoms with Crippen molar-refractivity contribution in [3.05, 3.63) is 101 Å². The molecule has 0 spiro atoms. The van der Waals surface area contributed by atoms with Crippen LogP contribution in [0.3, 0.4) is 0 Å². The molecule has 1 N–H and O–H groups in total. The molecule has 0 saturated carbocycles. The highest BCUT2D eigenvalue weighted by atomic mass is 16.5. The summed E-state index contributed by atoms with van der Waals surface area (Å²) in [5.74, 6) is 0.119. The van der Waals surface area contributed by atoms with Gasteiger partial charge in [0.1, 0.15) is 0 Å². The summed E-state index contributed by atoms with van der Waals surface area (Å²) in [6.07, 6.45) is 0.879. The largest absolute Gasteiger partial charge is 0.503 e. The van der Waals surface area contributed by atoms with E-state index in [0.29, 0.717) is 46.3 Å². The van der Waals surface area contributed by atoms with Gasteiger partial charge in [0.2, 0.25) is 5.78 Å². The molecule has 3 aromatic carbocycles. The van der Waals surface area contributed by atoms with Crippen molar-refractivity contribution in [2.45, 2.75) is 32.9 Å². The van der Waals surface area contributed by atoms with Crippen LogP contribution in [0.4, 0.5) is 0 Å². The third-order valence-electron chi connectivity index (χ3n) is 7.15. The lowest BCUT2D eigenvalue weighted by molar-refractivity contribution is -0.130. The van der Waals surface area contributed by atoms with E-state index in [1.807, 2.05) is 30.3 Å². The molecule has 0 aliphatic carbocycles. The number of para-hydroxylation sites is 1. The average Bonchev–Trinajstić information content (AvgIpc) is 3.52. The second-order valence-electron chi connectivity index (χ2n) is 10.3. The quantitative estimate of drug-likeness (QED) is 0.207. The number of carbonyl (C=O) groups is 2. The number of aliphatic hydroxyl groups excluding tert-OH is 1. The lowest BCUT2D eigenvalue weighted by atomic mass is 9.94. The Balaban J connectivity index is 1.57. The molecule has 0 saturated heterocycles. The third kappa shape index (κ3) is 5.50. The Morgan fingerprint density at radius 3 is 2.41 bits per heavy atom. The Labute approximate surface area is 238 Å². The molecular weight excluding hydrogens is 522 g/mol. The Morgan fingerprint density at radius 2 is 1.71 bits per heavy atom. The average molecular weight is 556 g/mol. The number of methoxy groups -OCH3 is 2. The first kappa shape index (κ1) is 27.8. The summed E-state index contributed by atoms with van der Waals surface area (Å²) in [7, 11) is 3.06. The number of ether oxygens (including phenoxy) is 3. The van der Waals surface area contributed by atoms with Gasteiger partial charge in [0.25, 0.3) is 5.91 Å². The van der Waals surface area contributed by atoms with Gasteiger partial charge < -0.3 is 28.6 Å². The van der Waals surface area contributed by atoms with E-state index in [9.17, 15) is 14.7 Å². The Kier molecular flexibility index (Phi) is 8.01. The van der Waals surface area contributed by atoms with E-state index in [1.54, 1.807) is 42.5 Å². The maximum atomic E-state index is 14.0. The van der Waals surface area contributed by atoms with Crippen LogP contribution in [0.25, 0.3) is 11.0 Å². The van der Waals surface area contributed by atoms with Gasteiger partial charge in [-0.2, -0.15) is 0 Å². The molecule has 0 fully saturated rings. The van der Waals surface area contributed by atoms with E-state index in [-0.39, 0.29) is 17.9 Å². The normalized spacial score (nSPS) is 15.2. The first-order chi connectivity index (χ1) is 19.8. The summed E-state index contributed by atoms with van der Waals surface area (Å²) in [4.78, 5) is 29.0. The zero-order chi connectivity index (χ0) is 29.1. The molecular formula is C33H33NO7. The Morgan fingerprint density at radius 1 is 0.951 bits per heavy atom. The predicted molar refractivity (Wildman–Crippen MR) is 154 cm³/mol. The monoisotopic (exact) mass is 555 g/mol. The van der Waals surface area contributed by atoms with Gasteiger partial charge in [-0.3, -0.25) is 9.59 Å². The van der Waals surface area contributed by atoms with Crippen LogP contribution in [-0.2, 0) is 11.3 Å². The number of rotatable bonds is 11. The van der Waals surface area contributed by atoms with Gasteiger partial charge in [-0.15, -0.1) is 0 Å². The van der Waals surface area contributed by atoms with E-state index in [0.717, 1.165) is 12.0 Å². The van der Waals surface area contributed by atoms with Crippen molar-refractivity contribution in [2.75, 3.05) is 20.8 Å². The highest BCUT2D eigenvalue weighted by Gasteiger charge is 2.45. The summed E-state index contributed by atoms with van der Waals surface area (Å²) in [6.45, 7) is 4.94. The first-order valence-corrected chi connectivity index (χ1v) is 13.5. The minimum absolute atomic E-state index is 0.00832. The van der Waals surface area contributed by atoms with Crippen LogP contribution < -0.4 is 14.2 Å². The summed E-state index contributed by atoms with van der Waals surface area (Å²) >= 11 is 0. The van der Waals surface area contributed by atoms with Crippen molar-refractivity contribution in [1.29, 1.82) is 0 Å². The lowest BCUT2D eigenvalue weighted by Crippen LogP contribution is -2.30. The molecule has 1 aromatic heterocycles. The van der Waals surface area contributed by atoms with Crippen molar-refractivity contribution in [3.8, 4) is 17.2 Å². The number of furan rings is 1. The number of aliphatic hydroxyl groups is 1. The van der Waals surface area contributed by atoms with Crippen molar-refractivity contribution in [3.63, 3.8) is 0 Å². The van der Waals surface area contributed by atoms with Crippen molar-refractivity contribution >= 4 is 22.7 Å². The van der Waals surface area contributed by atoms with E-state index in [2.05, 4.69) is 13.8 Å². The van der Waals surface area contributed by atoms with Crippen LogP contribution in [0.1, 0.15) is 48.0 Å². The molecule has 0 radical (unpaired) electrons. The highest BCUT2D eigenvalue weighted by Crippen LogP contribution is 2.43. The fourth-order valence-corrected chi connectivity index (χ4v) is 5.00.